The average Bonchev–Trinajstić information content (AvgIpc) is 3.19. The van der Waals surface area contributed by atoms with Crippen molar-refractivity contribution in [2.24, 2.45) is 0 Å². The van der Waals surface area contributed by atoms with Crippen molar-refractivity contribution in [3.05, 3.63) is 39.7 Å². The van der Waals surface area contributed by atoms with E-state index in [1.165, 1.54) is 4.90 Å². The number of morpholine rings is 1. The molecule has 1 saturated heterocycles. The maximum atomic E-state index is 12.3. The third-order valence-electron chi connectivity index (χ3n) is 5.60. The number of benzene rings is 1. The molecule has 150 valence electrons. The van der Waals surface area contributed by atoms with E-state index in [2.05, 4.69) is 5.32 Å². The first-order valence-electron chi connectivity index (χ1n) is 10.1. The molecule has 28 heavy (non-hydrogen) atoms. The Labute approximate surface area is 163 Å². The van der Waals surface area contributed by atoms with Crippen LogP contribution in [-0.4, -0.2) is 51.4 Å². The van der Waals surface area contributed by atoms with Gasteiger partial charge in [-0.3, -0.25) is 4.79 Å². The highest BCUT2D eigenvalue weighted by Gasteiger charge is 2.21. The Hall–Kier alpha value is -2.38. The Bertz CT molecular complexity index is 917. The normalized spacial score (nSPS) is 18.0. The van der Waals surface area contributed by atoms with Gasteiger partial charge in [0.15, 0.2) is 6.10 Å². The van der Waals surface area contributed by atoms with E-state index in [1.807, 2.05) is 12.1 Å². The molecule has 0 radical (unpaired) electrons. The Morgan fingerprint density at radius 3 is 2.86 bits per heavy atom. The van der Waals surface area contributed by atoms with E-state index in [9.17, 15) is 9.59 Å². The van der Waals surface area contributed by atoms with Crippen LogP contribution in [0.5, 0.6) is 5.75 Å². The van der Waals surface area contributed by atoms with Gasteiger partial charge in [0, 0.05) is 17.0 Å². The van der Waals surface area contributed by atoms with Crippen LogP contribution in [0.3, 0.4) is 0 Å². The second-order valence-corrected chi connectivity index (χ2v) is 7.52. The highest BCUT2D eigenvalue weighted by atomic mass is 16.5. The van der Waals surface area contributed by atoms with Crippen LogP contribution in [0.1, 0.15) is 24.5 Å². The molecule has 7 heteroatoms. The van der Waals surface area contributed by atoms with Crippen molar-refractivity contribution in [3.63, 3.8) is 0 Å². The number of amides is 1. The zero-order valence-electron chi connectivity index (χ0n) is 16.2. The molecular weight excluding hydrogens is 360 g/mol. The number of hydrogen-bond acceptors (Lipinski definition) is 5. The van der Waals surface area contributed by atoms with Crippen LogP contribution in [0.15, 0.2) is 27.4 Å². The van der Waals surface area contributed by atoms with Gasteiger partial charge in [-0.15, -0.1) is 0 Å². The second kappa shape index (κ2) is 8.32. The molecule has 2 aromatic rings. The van der Waals surface area contributed by atoms with E-state index in [4.69, 9.17) is 13.9 Å². The summed E-state index contributed by atoms with van der Waals surface area (Å²) in [7, 11) is 0. The number of carbonyl (C=O) groups is 1. The van der Waals surface area contributed by atoms with Crippen LogP contribution < -0.4 is 20.6 Å². The minimum atomic E-state index is -0.627. The minimum absolute atomic E-state index is 0.150. The number of fused-ring (bicyclic) bond motifs is 3. The summed E-state index contributed by atoms with van der Waals surface area (Å²) in [5.74, 6) is 0.373. The smallest absolute Gasteiger partial charge is 0.339 e. The van der Waals surface area contributed by atoms with Crippen LogP contribution in [0, 0.1) is 0 Å². The lowest BCUT2D eigenvalue weighted by atomic mass is 10.1. The summed E-state index contributed by atoms with van der Waals surface area (Å²) in [4.78, 5) is 25.9. The summed E-state index contributed by atoms with van der Waals surface area (Å²) in [6, 6.07) is 5.46. The highest BCUT2D eigenvalue weighted by Crippen LogP contribution is 2.29. The maximum absolute atomic E-state index is 12.3. The summed E-state index contributed by atoms with van der Waals surface area (Å²) in [5.41, 5.74) is 2.16. The number of ether oxygens (including phenoxy) is 2. The summed E-state index contributed by atoms with van der Waals surface area (Å²) >= 11 is 0. The molecule has 1 aromatic heterocycles. The first-order chi connectivity index (χ1) is 13.6. The van der Waals surface area contributed by atoms with Crippen molar-refractivity contribution in [1.82, 2.24) is 5.32 Å². The molecule has 2 heterocycles. The van der Waals surface area contributed by atoms with E-state index in [0.717, 1.165) is 68.6 Å². The van der Waals surface area contributed by atoms with Gasteiger partial charge in [-0.05, 0) is 43.9 Å². The molecule has 1 fully saturated rings. The topological polar surface area (TPSA) is 82.2 Å². The van der Waals surface area contributed by atoms with Crippen molar-refractivity contribution in [2.75, 3.05) is 39.4 Å². The third kappa shape index (κ3) is 4.05. The van der Waals surface area contributed by atoms with Gasteiger partial charge in [0.25, 0.3) is 5.91 Å². The molecule has 7 nitrogen and oxygen atoms in total. The molecule has 1 amide bonds. The standard InChI is InChI=1S/C21H26N2O5/c1-14(20(24)22-7-8-23-9-11-26-12-10-23)27-15-5-6-17-16-3-2-4-18(16)21(25)28-19(17)13-15/h5-6,13-14H,2-4,7-12H2,1H3,(H,22,24)/p+1/t14-/m1/s1. The summed E-state index contributed by atoms with van der Waals surface area (Å²) in [5, 5.41) is 3.89. The van der Waals surface area contributed by atoms with Crippen molar-refractivity contribution in [1.29, 1.82) is 0 Å². The summed E-state index contributed by atoms with van der Waals surface area (Å²) in [6.45, 7) is 6.74. The monoisotopic (exact) mass is 387 g/mol. The molecule has 1 aliphatic carbocycles. The highest BCUT2D eigenvalue weighted by molar-refractivity contribution is 5.84. The fourth-order valence-electron chi connectivity index (χ4n) is 4.01. The Morgan fingerprint density at radius 1 is 1.25 bits per heavy atom. The number of nitrogens with one attached hydrogen (secondary N) is 2. The lowest BCUT2D eigenvalue weighted by Crippen LogP contribution is -3.14. The molecule has 0 unspecified atom stereocenters. The van der Waals surface area contributed by atoms with Gasteiger partial charge in [0.05, 0.1) is 26.3 Å². The van der Waals surface area contributed by atoms with E-state index in [0.29, 0.717) is 17.9 Å². The van der Waals surface area contributed by atoms with Crippen molar-refractivity contribution < 1.29 is 23.6 Å². The fourth-order valence-corrected chi connectivity index (χ4v) is 4.01. The van der Waals surface area contributed by atoms with Crippen LogP contribution >= 0.6 is 0 Å². The number of carbonyl (C=O) groups excluding carboxylic acids is 1. The SMILES string of the molecule is C[C@@H](Oc1ccc2c3c(c(=O)oc2c1)CCC3)C(=O)NCC[NH+]1CCOCC1. The van der Waals surface area contributed by atoms with Gasteiger partial charge < -0.3 is 24.1 Å². The fraction of sp³-hybridized carbons (Fsp3) is 0.524. The molecule has 1 aromatic carbocycles. The lowest BCUT2D eigenvalue weighted by Gasteiger charge is -2.24. The number of aryl methyl sites for hydroxylation is 1. The van der Waals surface area contributed by atoms with Gasteiger partial charge in [-0.1, -0.05) is 0 Å². The van der Waals surface area contributed by atoms with E-state index in [-0.39, 0.29) is 11.5 Å². The number of hydrogen-bond donors (Lipinski definition) is 2. The maximum Gasteiger partial charge on any atom is 0.339 e. The van der Waals surface area contributed by atoms with Crippen LogP contribution in [0.2, 0.25) is 0 Å². The van der Waals surface area contributed by atoms with Gasteiger partial charge in [-0.2, -0.15) is 0 Å². The molecule has 1 atom stereocenters. The Kier molecular flexibility index (Phi) is 5.64. The van der Waals surface area contributed by atoms with E-state index < -0.39 is 6.10 Å². The number of quaternary nitrogens is 1. The van der Waals surface area contributed by atoms with E-state index >= 15 is 0 Å². The summed E-state index contributed by atoms with van der Waals surface area (Å²) in [6.07, 6.45) is 2.05. The zero-order chi connectivity index (χ0) is 19.5. The van der Waals surface area contributed by atoms with Crippen LogP contribution in [0.25, 0.3) is 11.0 Å². The molecule has 2 aliphatic rings. The zero-order valence-corrected chi connectivity index (χ0v) is 16.2. The Morgan fingerprint density at radius 2 is 2.04 bits per heavy atom. The molecule has 2 N–H and O–H groups in total. The van der Waals surface area contributed by atoms with Crippen molar-refractivity contribution in [3.8, 4) is 5.75 Å². The minimum Gasteiger partial charge on any atom is -0.481 e. The van der Waals surface area contributed by atoms with E-state index in [1.54, 1.807) is 13.0 Å². The molecule has 0 bridgehead atoms. The molecule has 0 saturated carbocycles. The largest absolute Gasteiger partial charge is 0.481 e. The second-order valence-electron chi connectivity index (χ2n) is 7.52. The lowest BCUT2D eigenvalue weighted by molar-refractivity contribution is -0.906. The van der Waals surface area contributed by atoms with Crippen molar-refractivity contribution in [2.45, 2.75) is 32.3 Å². The predicted octanol–water partition coefficient (Wildman–Crippen LogP) is 0.0803. The van der Waals surface area contributed by atoms with Crippen molar-refractivity contribution >= 4 is 16.9 Å². The molecule has 0 spiro atoms. The van der Waals surface area contributed by atoms with Gasteiger partial charge in [0.2, 0.25) is 0 Å². The van der Waals surface area contributed by atoms with Gasteiger partial charge >= 0.3 is 5.63 Å². The quantitative estimate of drug-likeness (QED) is 0.686. The predicted molar refractivity (Wildman–Crippen MR) is 104 cm³/mol. The van der Waals surface area contributed by atoms with Gasteiger partial charge in [0.1, 0.15) is 24.4 Å². The molecule has 4 rings (SSSR count). The Balaban J connectivity index is 1.36. The van der Waals surface area contributed by atoms with Gasteiger partial charge in [-0.25, -0.2) is 4.79 Å². The molecular formula is C21H27N2O5+. The molecule has 1 aliphatic heterocycles. The first kappa shape index (κ1) is 19.0. The number of rotatable bonds is 6. The van der Waals surface area contributed by atoms with Crippen LogP contribution in [0.4, 0.5) is 0 Å². The summed E-state index contributed by atoms with van der Waals surface area (Å²) < 4.78 is 16.6. The average molecular weight is 387 g/mol. The first-order valence-corrected chi connectivity index (χ1v) is 10.1. The van der Waals surface area contributed by atoms with Crippen LogP contribution in [-0.2, 0) is 22.4 Å². The third-order valence-corrected chi connectivity index (χ3v) is 5.60.